The first kappa shape index (κ1) is 32.7. The van der Waals surface area contributed by atoms with Gasteiger partial charge in [-0.1, -0.05) is 41.5 Å². The van der Waals surface area contributed by atoms with Crippen LogP contribution in [0, 0.1) is 11.3 Å². The minimum Gasteiger partial charge on any atom is -0.408 e. The van der Waals surface area contributed by atoms with Crippen molar-refractivity contribution in [2.24, 2.45) is 0 Å². The lowest BCUT2D eigenvalue weighted by Crippen LogP contribution is -2.54. The number of nitrogens with zero attached hydrogens (tertiary/aromatic N) is 5. The Morgan fingerprint density at radius 2 is 1.62 bits per heavy atom. The van der Waals surface area contributed by atoms with Crippen molar-refractivity contribution in [3.05, 3.63) is 12.7 Å². The van der Waals surface area contributed by atoms with Gasteiger partial charge in [0.05, 0.1) is 18.8 Å². The Balaban J connectivity index is 2.06. The lowest BCUT2D eigenvalue weighted by atomic mass is 10.1. The third-order valence-electron chi connectivity index (χ3n) is 8.18. The zero-order valence-corrected chi connectivity index (χ0v) is 28.2. The zero-order chi connectivity index (χ0) is 30.1. The van der Waals surface area contributed by atoms with Gasteiger partial charge in [0, 0.05) is 4.57 Å². The van der Waals surface area contributed by atoms with E-state index in [9.17, 15) is 4.57 Å². The largest absolute Gasteiger partial charge is 0.697 e. The van der Waals surface area contributed by atoms with Crippen molar-refractivity contribution in [3.63, 3.8) is 0 Å². The van der Waals surface area contributed by atoms with E-state index in [-0.39, 0.29) is 35.5 Å². The molecular formula is C25H44N6O6PSi2+. The maximum absolute atomic E-state index is 12.4. The monoisotopic (exact) mass is 611 g/mol. The molecule has 40 heavy (non-hydrogen) atoms. The van der Waals surface area contributed by atoms with Gasteiger partial charge in [-0.05, 0) is 36.3 Å². The van der Waals surface area contributed by atoms with E-state index in [4.69, 9.17) is 33.6 Å². The molecule has 1 fully saturated rings. The Morgan fingerprint density at radius 3 is 2.20 bits per heavy atom. The number of fused-ring (bicyclic) bond motifs is 1. The van der Waals surface area contributed by atoms with Crippen LogP contribution in [-0.4, -0.2) is 67.7 Å². The van der Waals surface area contributed by atoms with E-state index >= 15 is 0 Å². The van der Waals surface area contributed by atoms with Gasteiger partial charge in [-0.3, -0.25) is 4.57 Å². The summed E-state index contributed by atoms with van der Waals surface area (Å²) < 4.78 is 45.7. The smallest absolute Gasteiger partial charge is 0.408 e. The van der Waals surface area contributed by atoms with Crippen molar-refractivity contribution in [1.82, 2.24) is 19.5 Å². The number of hydrogen-bond donors (Lipinski definition) is 1. The maximum Gasteiger partial charge on any atom is 0.697 e. The van der Waals surface area contributed by atoms with E-state index in [1.807, 2.05) is 6.07 Å². The molecule has 5 unspecified atom stereocenters. The molecule has 3 heterocycles. The number of ether oxygens (including phenoxy) is 1. The molecule has 1 aliphatic heterocycles. The van der Waals surface area contributed by atoms with Crippen LogP contribution in [0.1, 0.15) is 54.2 Å². The Morgan fingerprint density at radius 1 is 1.02 bits per heavy atom. The highest BCUT2D eigenvalue weighted by atomic mass is 31.1. The summed E-state index contributed by atoms with van der Waals surface area (Å²) in [6.07, 6.45) is 0.736. The molecule has 1 saturated heterocycles. The minimum atomic E-state index is -2.45. The highest BCUT2D eigenvalue weighted by molar-refractivity contribution is 7.33. The quantitative estimate of drug-likeness (QED) is 0.189. The van der Waals surface area contributed by atoms with Crippen molar-refractivity contribution in [3.8, 4) is 6.07 Å². The molecule has 3 rings (SSSR count). The molecule has 0 spiro atoms. The van der Waals surface area contributed by atoms with Gasteiger partial charge in [0.15, 0.2) is 34.3 Å². The predicted molar refractivity (Wildman–Crippen MR) is 158 cm³/mol. The molecule has 15 heteroatoms. The van der Waals surface area contributed by atoms with Crippen molar-refractivity contribution in [2.45, 2.75) is 109 Å². The van der Waals surface area contributed by atoms with E-state index < -0.39 is 49.4 Å². The fourth-order valence-electron chi connectivity index (χ4n) is 3.76. The summed E-state index contributed by atoms with van der Waals surface area (Å²) in [5.74, 6) is 0.268. The Labute approximate surface area is 240 Å². The summed E-state index contributed by atoms with van der Waals surface area (Å²) in [6, 6.07) is 1.96. The molecular weight excluding hydrogens is 567 g/mol. The summed E-state index contributed by atoms with van der Waals surface area (Å²) in [6.45, 7) is 21.7. The molecule has 2 aromatic rings. The van der Waals surface area contributed by atoms with E-state index in [1.54, 1.807) is 10.9 Å². The zero-order valence-electron chi connectivity index (χ0n) is 25.3. The van der Waals surface area contributed by atoms with Gasteiger partial charge in [0.2, 0.25) is 0 Å². The molecule has 0 aliphatic carbocycles. The molecule has 0 amide bonds. The highest BCUT2D eigenvalue weighted by Gasteiger charge is 2.55. The molecule has 2 aromatic heterocycles. The third-order valence-corrected chi connectivity index (χ3v) is 17.9. The number of imidazole rings is 1. The minimum absolute atomic E-state index is 0.0169. The molecule has 0 saturated carbocycles. The number of aromatic nitrogens is 4. The molecule has 5 atom stereocenters. The topological polar surface area (TPSA) is 157 Å². The fourth-order valence-corrected chi connectivity index (χ4v) is 6.95. The second-order valence-corrected chi connectivity index (χ2v) is 23.6. The Kier molecular flexibility index (Phi) is 9.96. The van der Waals surface area contributed by atoms with Crippen molar-refractivity contribution in [1.29, 1.82) is 5.26 Å². The van der Waals surface area contributed by atoms with Crippen LogP contribution in [0.15, 0.2) is 12.7 Å². The van der Waals surface area contributed by atoms with Crippen molar-refractivity contribution in [2.75, 3.05) is 18.9 Å². The normalized spacial score (nSPS) is 23.0. The van der Waals surface area contributed by atoms with Crippen LogP contribution in [0.3, 0.4) is 0 Å². The van der Waals surface area contributed by atoms with Gasteiger partial charge in [-0.25, -0.2) is 15.0 Å². The Hall–Kier alpha value is -1.83. The average Bonchev–Trinajstić information content (AvgIpc) is 3.38. The van der Waals surface area contributed by atoms with E-state index in [0.29, 0.717) is 11.2 Å². The SMILES string of the molecule is CC(C)(C)[Si](C)(C)OC1C(CO[P+](=O)OCCC#N)OC(n2cnc3c(N)ncnc32)C1O[Si](C)(C)C(C)(C)C. The molecule has 12 nitrogen and oxygen atoms in total. The number of nitrogens with two attached hydrogens (primary N) is 1. The van der Waals surface area contributed by atoms with Crippen LogP contribution >= 0.6 is 8.25 Å². The first-order valence-electron chi connectivity index (χ1n) is 13.4. The van der Waals surface area contributed by atoms with Crippen LogP contribution < -0.4 is 5.73 Å². The molecule has 0 aromatic carbocycles. The van der Waals surface area contributed by atoms with E-state index in [0.717, 1.165) is 0 Å². The summed E-state index contributed by atoms with van der Waals surface area (Å²) >= 11 is 0. The first-order valence-corrected chi connectivity index (χ1v) is 20.3. The second-order valence-electron chi connectivity index (χ2n) is 13.1. The molecule has 2 N–H and O–H groups in total. The average molecular weight is 612 g/mol. The summed E-state index contributed by atoms with van der Waals surface area (Å²) in [4.78, 5) is 13.0. The molecule has 1 aliphatic rings. The summed E-state index contributed by atoms with van der Waals surface area (Å²) in [5, 5.41) is 8.57. The first-order chi connectivity index (χ1) is 18.4. The number of rotatable bonds is 11. The van der Waals surface area contributed by atoms with Crippen molar-refractivity contribution < 1.29 is 27.2 Å². The van der Waals surface area contributed by atoms with Gasteiger partial charge >= 0.3 is 8.25 Å². The maximum atomic E-state index is 12.4. The van der Waals surface area contributed by atoms with E-state index in [1.165, 1.54) is 6.33 Å². The molecule has 222 valence electrons. The predicted octanol–water partition coefficient (Wildman–Crippen LogP) is 5.69. The van der Waals surface area contributed by atoms with Crippen LogP contribution in [0.25, 0.3) is 11.2 Å². The third kappa shape index (κ3) is 7.14. The highest BCUT2D eigenvalue weighted by Crippen LogP contribution is 2.46. The molecule has 0 radical (unpaired) electrons. The summed E-state index contributed by atoms with van der Waals surface area (Å²) in [7, 11) is -7.14. The number of hydrogen-bond acceptors (Lipinski definition) is 11. The van der Waals surface area contributed by atoms with Crippen LogP contribution in [0.5, 0.6) is 0 Å². The number of nitriles is 1. The van der Waals surface area contributed by atoms with E-state index in [2.05, 4.69) is 82.7 Å². The van der Waals surface area contributed by atoms with Gasteiger partial charge in [0.1, 0.15) is 43.4 Å². The van der Waals surface area contributed by atoms with Crippen LogP contribution in [0.4, 0.5) is 5.82 Å². The van der Waals surface area contributed by atoms with Gasteiger partial charge in [-0.2, -0.15) is 5.26 Å². The van der Waals surface area contributed by atoms with Crippen LogP contribution in [-0.2, 0) is 27.2 Å². The lowest BCUT2D eigenvalue weighted by molar-refractivity contribution is -0.0460. The summed E-state index contributed by atoms with van der Waals surface area (Å²) in [5.41, 5.74) is 7.06. The standard InChI is InChI=1S/C25H44N6O6PSi2/c1-24(2,3)39(7,8)36-19-17(14-34-38(32)33-13-11-12-26)35-23(20(19)37-40(9,10)25(4,5)6)31-16-30-18-21(27)28-15-29-22(18)31/h15-17,19-20,23H,11,13-14H2,1-10H3,(H2,27,28,29)/q+1. The van der Waals surface area contributed by atoms with Gasteiger partial charge < -0.3 is 19.3 Å². The number of anilines is 1. The lowest BCUT2D eigenvalue weighted by Gasteiger charge is -2.44. The molecule has 0 bridgehead atoms. The Bertz CT molecular complexity index is 1240. The fraction of sp³-hybridized carbons (Fsp3) is 0.760. The van der Waals surface area contributed by atoms with Gasteiger partial charge in [0.25, 0.3) is 0 Å². The van der Waals surface area contributed by atoms with Crippen LogP contribution in [0.2, 0.25) is 36.3 Å². The van der Waals surface area contributed by atoms with Crippen molar-refractivity contribution >= 4 is 41.9 Å². The number of nitrogen functional groups attached to an aromatic ring is 1. The second kappa shape index (κ2) is 12.2. The van der Waals surface area contributed by atoms with Gasteiger partial charge in [-0.15, -0.1) is 9.05 Å².